The summed E-state index contributed by atoms with van der Waals surface area (Å²) in [6.07, 6.45) is 1.57. The van der Waals surface area contributed by atoms with E-state index >= 15 is 0 Å². The van der Waals surface area contributed by atoms with Crippen LogP contribution in [0.5, 0.6) is 0 Å². The van der Waals surface area contributed by atoms with Gasteiger partial charge in [-0.1, -0.05) is 47.5 Å². The van der Waals surface area contributed by atoms with Gasteiger partial charge in [-0.2, -0.15) is 0 Å². The number of hydrogen-bond donors (Lipinski definition) is 3. The van der Waals surface area contributed by atoms with E-state index in [1.54, 1.807) is 24.4 Å². The highest BCUT2D eigenvalue weighted by atomic mass is 35.5. The largest absolute Gasteiger partial charge is 0.480 e. The van der Waals surface area contributed by atoms with E-state index < -0.39 is 29.9 Å². The number of aliphatic carboxylic acids is 1. The average molecular weight is 510 g/mol. The molecule has 0 radical (unpaired) electrons. The fourth-order valence-electron chi connectivity index (χ4n) is 4.62. The Morgan fingerprint density at radius 3 is 2.31 bits per heavy atom. The quantitative estimate of drug-likeness (QED) is 0.362. The molecule has 176 valence electrons. The maximum absolute atomic E-state index is 14.0. The van der Waals surface area contributed by atoms with Gasteiger partial charge >= 0.3 is 11.9 Å². The molecule has 3 N–H and O–H groups in total. The van der Waals surface area contributed by atoms with Crippen LogP contribution in [-0.2, 0) is 11.2 Å². The standard InChI is InChI=1S/C25H17Cl2N3O5/c26-16-9-14(15(24(32)33)10-17(16)27)23(31)30-20(25(34)35)11-13-12-5-1-2-6-18(12)29-21(13)22(30)19-7-3-4-8-28-19/h1-10,20,22,29H,11H2,(H,32,33)(H,34,35)/t20-,22?/m1/s1. The number of carbonyl (C=O) groups excluding carboxylic acids is 1. The van der Waals surface area contributed by atoms with Crippen LogP contribution in [0.1, 0.15) is 43.7 Å². The highest BCUT2D eigenvalue weighted by Gasteiger charge is 2.45. The minimum atomic E-state index is -1.39. The number of hydrogen-bond acceptors (Lipinski definition) is 4. The van der Waals surface area contributed by atoms with Gasteiger partial charge < -0.3 is 20.1 Å². The predicted molar refractivity (Wildman–Crippen MR) is 129 cm³/mol. The number of fused-ring (bicyclic) bond motifs is 3. The second-order valence-corrected chi connectivity index (χ2v) is 8.92. The van der Waals surface area contributed by atoms with Crippen molar-refractivity contribution in [2.75, 3.05) is 0 Å². The lowest BCUT2D eigenvalue weighted by molar-refractivity contribution is -0.143. The molecule has 2 aromatic heterocycles. The topological polar surface area (TPSA) is 124 Å². The number of benzene rings is 2. The molecule has 4 aromatic rings. The van der Waals surface area contributed by atoms with Crippen molar-refractivity contribution in [3.63, 3.8) is 0 Å². The van der Waals surface area contributed by atoms with E-state index in [1.807, 2.05) is 24.3 Å². The Balaban J connectivity index is 1.78. The van der Waals surface area contributed by atoms with Crippen LogP contribution in [-0.4, -0.2) is 49.0 Å². The Labute approximate surface area is 208 Å². The number of H-pyrrole nitrogens is 1. The summed E-state index contributed by atoms with van der Waals surface area (Å²) >= 11 is 12.1. The molecule has 0 fully saturated rings. The third-order valence-corrected chi connectivity index (χ3v) is 6.86. The van der Waals surface area contributed by atoms with Gasteiger partial charge in [-0.05, 0) is 35.9 Å². The molecule has 0 saturated heterocycles. The molecule has 10 heteroatoms. The van der Waals surface area contributed by atoms with Crippen molar-refractivity contribution >= 4 is 52.0 Å². The summed E-state index contributed by atoms with van der Waals surface area (Å²) < 4.78 is 0. The minimum absolute atomic E-state index is 0.0213. The molecule has 0 aliphatic carbocycles. The zero-order chi connectivity index (χ0) is 24.9. The molecule has 35 heavy (non-hydrogen) atoms. The second kappa shape index (κ2) is 8.72. The Bertz CT molecular complexity index is 1500. The molecule has 0 bridgehead atoms. The molecule has 1 amide bonds. The maximum atomic E-state index is 14.0. The van der Waals surface area contributed by atoms with E-state index in [4.69, 9.17) is 23.2 Å². The first-order chi connectivity index (χ1) is 16.8. The van der Waals surface area contributed by atoms with Crippen molar-refractivity contribution in [1.29, 1.82) is 0 Å². The Morgan fingerprint density at radius 1 is 0.971 bits per heavy atom. The monoisotopic (exact) mass is 509 g/mol. The molecule has 0 spiro atoms. The van der Waals surface area contributed by atoms with Crippen molar-refractivity contribution in [3.05, 3.63) is 98.9 Å². The first-order valence-electron chi connectivity index (χ1n) is 10.6. The lowest BCUT2D eigenvalue weighted by Gasteiger charge is -2.40. The van der Waals surface area contributed by atoms with Crippen molar-refractivity contribution < 1.29 is 24.6 Å². The van der Waals surface area contributed by atoms with Crippen LogP contribution in [0.4, 0.5) is 0 Å². The van der Waals surface area contributed by atoms with Crippen LogP contribution in [0.25, 0.3) is 10.9 Å². The summed E-state index contributed by atoms with van der Waals surface area (Å²) in [5, 5.41) is 20.7. The van der Waals surface area contributed by atoms with E-state index in [1.165, 1.54) is 0 Å². The van der Waals surface area contributed by atoms with E-state index in [0.29, 0.717) is 11.4 Å². The van der Waals surface area contributed by atoms with Crippen LogP contribution in [0.2, 0.25) is 10.0 Å². The van der Waals surface area contributed by atoms with Crippen LogP contribution >= 0.6 is 23.2 Å². The number of aromatic nitrogens is 2. The van der Waals surface area contributed by atoms with Gasteiger partial charge in [-0.15, -0.1) is 0 Å². The number of amides is 1. The number of rotatable bonds is 4. The van der Waals surface area contributed by atoms with Gasteiger partial charge in [0.05, 0.1) is 26.9 Å². The summed E-state index contributed by atoms with van der Waals surface area (Å²) in [6.45, 7) is 0. The van der Waals surface area contributed by atoms with Gasteiger partial charge in [0.2, 0.25) is 0 Å². The number of para-hydroxylation sites is 1. The van der Waals surface area contributed by atoms with Crippen LogP contribution in [0.15, 0.2) is 60.8 Å². The predicted octanol–water partition coefficient (Wildman–Crippen LogP) is 4.81. The van der Waals surface area contributed by atoms with Crippen molar-refractivity contribution in [3.8, 4) is 0 Å². The van der Waals surface area contributed by atoms with Crippen LogP contribution in [0, 0.1) is 0 Å². The molecule has 5 rings (SSSR count). The minimum Gasteiger partial charge on any atom is -0.480 e. The van der Waals surface area contributed by atoms with Crippen molar-refractivity contribution in [2.24, 2.45) is 0 Å². The fourth-order valence-corrected chi connectivity index (χ4v) is 4.95. The van der Waals surface area contributed by atoms with E-state index in [-0.39, 0.29) is 27.6 Å². The third kappa shape index (κ3) is 3.80. The van der Waals surface area contributed by atoms with E-state index in [9.17, 15) is 24.6 Å². The van der Waals surface area contributed by atoms with Crippen molar-refractivity contribution in [1.82, 2.24) is 14.9 Å². The number of nitrogens with zero attached hydrogens (tertiary/aromatic N) is 2. The highest BCUT2D eigenvalue weighted by Crippen LogP contribution is 2.41. The second-order valence-electron chi connectivity index (χ2n) is 8.11. The first-order valence-corrected chi connectivity index (χ1v) is 11.3. The van der Waals surface area contributed by atoms with Gasteiger partial charge in [0, 0.05) is 29.2 Å². The summed E-state index contributed by atoms with van der Waals surface area (Å²) in [5.74, 6) is -3.43. The van der Waals surface area contributed by atoms with Gasteiger partial charge in [-0.25, -0.2) is 9.59 Å². The Kier molecular flexibility index (Phi) is 5.70. The zero-order valence-corrected chi connectivity index (χ0v) is 19.4. The maximum Gasteiger partial charge on any atom is 0.336 e. The SMILES string of the molecule is O=C(O)c1cc(Cl)c(Cl)cc1C(=O)N1C(c2ccccn2)c2[nH]c3ccccc3c2C[C@@H]1C(=O)O. The molecule has 3 heterocycles. The number of pyridine rings is 1. The lowest BCUT2D eigenvalue weighted by Crippen LogP contribution is -2.52. The summed E-state index contributed by atoms with van der Waals surface area (Å²) in [7, 11) is 0. The molecule has 1 aliphatic heterocycles. The van der Waals surface area contributed by atoms with Gasteiger partial charge in [0.15, 0.2) is 0 Å². The third-order valence-electron chi connectivity index (χ3n) is 6.14. The van der Waals surface area contributed by atoms with Gasteiger partial charge in [0.1, 0.15) is 12.1 Å². The number of carbonyl (C=O) groups is 3. The Hall–Kier alpha value is -3.88. The van der Waals surface area contributed by atoms with E-state index in [2.05, 4.69) is 9.97 Å². The zero-order valence-electron chi connectivity index (χ0n) is 17.9. The van der Waals surface area contributed by atoms with Gasteiger partial charge in [0.25, 0.3) is 5.91 Å². The number of aromatic carboxylic acids is 1. The average Bonchev–Trinajstić information content (AvgIpc) is 3.22. The van der Waals surface area contributed by atoms with Crippen LogP contribution < -0.4 is 0 Å². The highest BCUT2D eigenvalue weighted by molar-refractivity contribution is 6.42. The normalized spacial score (nSPS) is 17.3. The fraction of sp³-hybridized carbons (Fsp3) is 0.120. The van der Waals surface area contributed by atoms with Gasteiger partial charge in [-0.3, -0.25) is 9.78 Å². The number of aromatic amines is 1. The number of carboxylic acid groups (broad SMARTS) is 2. The number of carboxylic acids is 2. The molecular weight excluding hydrogens is 493 g/mol. The van der Waals surface area contributed by atoms with Crippen molar-refractivity contribution in [2.45, 2.75) is 18.5 Å². The number of halogens is 2. The molecule has 0 saturated carbocycles. The first kappa shape index (κ1) is 22.9. The summed E-state index contributed by atoms with van der Waals surface area (Å²) in [6, 6.07) is 12.6. The number of nitrogens with one attached hydrogen (secondary N) is 1. The lowest BCUT2D eigenvalue weighted by atomic mass is 9.88. The molecular formula is C25H17Cl2N3O5. The molecule has 2 aromatic carbocycles. The Morgan fingerprint density at radius 2 is 1.66 bits per heavy atom. The summed E-state index contributed by atoms with van der Waals surface area (Å²) in [4.78, 5) is 47.3. The molecule has 1 unspecified atom stereocenters. The smallest absolute Gasteiger partial charge is 0.336 e. The molecule has 8 nitrogen and oxygen atoms in total. The molecule has 2 atom stereocenters. The molecule has 1 aliphatic rings. The summed E-state index contributed by atoms with van der Waals surface area (Å²) in [5.41, 5.74) is 1.96. The van der Waals surface area contributed by atoms with E-state index in [0.717, 1.165) is 33.5 Å². The van der Waals surface area contributed by atoms with Crippen LogP contribution in [0.3, 0.4) is 0 Å².